The molecule has 2 saturated carbocycles. The number of hydrogen-bond acceptors (Lipinski definition) is 6. The van der Waals surface area contributed by atoms with Crippen molar-refractivity contribution in [2.75, 3.05) is 7.11 Å². The molecular weight excluding hydrogens is 400 g/mol. The first-order chi connectivity index (χ1) is 14.0. The molecule has 4 rings (SSSR count). The number of carbonyl (C=O) groups is 2. The van der Waals surface area contributed by atoms with Crippen molar-refractivity contribution in [1.29, 1.82) is 0 Å². The number of methoxy groups -OCH3 is 1. The Kier molecular flexibility index (Phi) is 4.95. The zero-order valence-electron chi connectivity index (χ0n) is 18.7. The Balaban J connectivity index is 1.64. The standard InChI is InChI=1S/C23H32O6Si/c1-21(2,3)30(5,6)29-17-12-18-23(20(25)26-4)16(17)13-22(23,19(24)28-18)27-14-15-10-8-7-9-11-15/h7-11,16-18H,12-14H2,1-6H3/t16-,17-,18+,22-,23-/m0/s1. The van der Waals surface area contributed by atoms with E-state index in [2.05, 4.69) is 33.9 Å². The maximum absolute atomic E-state index is 13.1. The zero-order chi connectivity index (χ0) is 21.9. The highest BCUT2D eigenvalue weighted by Gasteiger charge is 2.87. The lowest BCUT2D eigenvalue weighted by Gasteiger charge is -2.54. The van der Waals surface area contributed by atoms with Gasteiger partial charge in [-0.25, -0.2) is 4.79 Å². The van der Waals surface area contributed by atoms with Gasteiger partial charge in [0.25, 0.3) is 0 Å². The van der Waals surface area contributed by atoms with Crippen LogP contribution < -0.4 is 0 Å². The number of benzene rings is 1. The fraction of sp³-hybridized carbons (Fsp3) is 0.652. The number of ether oxygens (including phenoxy) is 3. The van der Waals surface area contributed by atoms with Gasteiger partial charge in [-0.1, -0.05) is 51.1 Å². The lowest BCUT2D eigenvalue weighted by atomic mass is 9.51. The van der Waals surface area contributed by atoms with Crippen LogP contribution in [-0.4, -0.2) is 45.2 Å². The average molecular weight is 433 g/mol. The maximum Gasteiger partial charge on any atom is 0.340 e. The monoisotopic (exact) mass is 432 g/mol. The van der Waals surface area contributed by atoms with Crippen molar-refractivity contribution in [3.63, 3.8) is 0 Å². The van der Waals surface area contributed by atoms with Gasteiger partial charge in [-0.3, -0.25) is 4.79 Å². The van der Waals surface area contributed by atoms with Gasteiger partial charge in [0.05, 0.1) is 19.8 Å². The molecule has 1 aromatic rings. The Morgan fingerprint density at radius 2 is 1.90 bits per heavy atom. The van der Waals surface area contributed by atoms with Crippen LogP contribution in [0.5, 0.6) is 0 Å². The highest BCUT2D eigenvalue weighted by Crippen LogP contribution is 2.71. The van der Waals surface area contributed by atoms with Gasteiger partial charge >= 0.3 is 11.9 Å². The molecule has 6 nitrogen and oxygen atoms in total. The van der Waals surface area contributed by atoms with E-state index in [9.17, 15) is 9.59 Å². The molecule has 0 amide bonds. The largest absolute Gasteiger partial charge is 0.468 e. The Labute approximate surface area is 179 Å². The van der Waals surface area contributed by atoms with E-state index in [1.165, 1.54) is 7.11 Å². The Bertz CT molecular complexity index is 847. The van der Waals surface area contributed by atoms with Gasteiger partial charge in [-0.2, -0.15) is 0 Å². The summed E-state index contributed by atoms with van der Waals surface area (Å²) in [6.07, 6.45) is 0.219. The second-order valence-corrected chi connectivity index (χ2v) is 15.1. The third kappa shape index (κ3) is 2.75. The van der Waals surface area contributed by atoms with Gasteiger partial charge in [0.1, 0.15) is 11.5 Å². The van der Waals surface area contributed by atoms with Crippen molar-refractivity contribution < 1.29 is 28.2 Å². The summed E-state index contributed by atoms with van der Waals surface area (Å²) in [5, 5.41) is 0.0461. The van der Waals surface area contributed by atoms with Gasteiger partial charge in [-0.05, 0) is 30.1 Å². The molecule has 1 aromatic carbocycles. The fourth-order valence-corrected chi connectivity index (χ4v) is 6.60. The first kappa shape index (κ1) is 21.5. The van der Waals surface area contributed by atoms with Crippen molar-refractivity contribution in [3.05, 3.63) is 35.9 Å². The van der Waals surface area contributed by atoms with Gasteiger partial charge in [-0.15, -0.1) is 0 Å². The van der Waals surface area contributed by atoms with Crippen molar-refractivity contribution in [3.8, 4) is 0 Å². The van der Waals surface area contributed by atoms with E-state index in [0.29, 0.717) is 12.8 Å². The molecule has 0 unspecified atom stereocenters. The first-order valence-corrected chi connectivity index (χ1v) is 13.6. The number of hydrogen-bond donors (Lipinski definition) is 0. The second kappa shape index (κ2) is 6.90. The average Bonchev–Trinajstić information content (AvgIpc) is 2.98. The lowest BCUT2D eigenvalue weighted by Crippen LogP contribution is -2.71. The molecule has 3 fully saturated rings. The van der Waals surface area contributed by atoms with E-state index in [1.54, 1.807) is 0 Å². The molecule has 0 aromatic heterocycles. The van der Waals surface area contributed by atoms with E-state index < -0.39 is 37.4 Å². The SMILES string of the molecule is COC(=O)[C@@]12[C@H]3C[C@H](O[Si](C)(C)C(C)(C)C)[C@@H]1C[C@]2(OCc1ccccc1)C(=O)O3. The topological polar surface area (TPSA) is 71.1 Å². The van der Waals surface area contributed by atoms with Crippen molar-refractivity contribution in [2.24, 2.45) is 11.3 Å². The predicted octanol–water partition coefficient (Wildman–Crippen LogP) is 3.84. The van der Waals surface area contributed by atoms with Crippen LogP contribution >= 0.6 is 0 Å². The van der Waals surface area contributed by atoms with Gasteiger partial charge in [0.2, 0.25) is 0 Å². The molecule has 3 aliphatic rings. The van der Waals surface area contributed by atoms with Crippen molar-refractivity contribution >= 4 is 20.3 Å². The summed E-state index contributed by atoms with van der Waals surface area (Å²) in [5.41, 5.74) is -1.48. The smallest absolute Gasteiger partial charge is 0.340 e. The van der Waals surface area contributed by atoms with Gasteiger partial charge < -0.3 is 18.6 Å². The van der Waals surface area contributed by atoms with Gasteiger partial charge in [0, 0.05) is 12.3 Å². The molecule has 1 saturated heterocycles. The summed E-state index contributed by atoms with van der Waals surface area (Å²) in [7, 11) is -0.694. The van der Waals surface area contributed by atoms with Crippen molar-refractivity contribution in [1.82, 2.24) is 0 Å². The molecule has 2 aliphatic carbocycles. The molecule has 164 valence electrons. The Hall–Kier alpha value is -1.70. The normalized spacial score (nSPS) is 34.9. The highest BCUT2D eigenvalue weighted by atomic mass is 28.4. The molecule has 1 aliphatic heterocycles. The molecule has 5 atom stereocenters. The number of esters is 2. The van der Waals surface area contributed by atoms with Crippen LogP contribution in [0.25, 0.3) is 0 Å². The lowest BCUT2D eigenvalue weighted by molar-refractivity contribution is -0.234. The Morgan fingerprint density at radius 3 is 2.50 bits per heavy atom. The first-order valence-electron chi connectivity index (χ1n) is 10.6. The van der Waals surface area contributed by atoms with Crippen LogP contribution in [0.3, 0.4) is 0 Å². The van der Waals surface area contributed by atoms with Crippen LogP contribution in [0.4, 0.5) is 0 Å². The quantitative estimate of drug-likeness (QED) is 0.502. The summed E-state index contributed by atoms with van der Waals surface area (Å²) < 4.78 is 23.9. The van der Waals surface area contributed by atoms with E-state index in [0.717, 1.165) is 5.56 Å². The number of rotatable bonds is 6. The predicted molar refractivity (Wildman–Crippen MR) is 113 cm³/mol. The molecule has 7 heteroatoms. The minimum atomic E-state index is -2.06. The van der Waals surface area contributed by atoms with Crippen LogP contribution in [-0.2, 0) is 34.8 Å². The van der Waals surface area contributed by atoms with E-state index >= 15 is 0 Å². The summed E-state index contributed by atoms with van der Waals surface area (Å²) in [4.78, 5) is 26.1. The van der Waals surface area contributed by atoms with Crippen LogP contribution in [0.1, 0.15) is 39.2 Å². The van der Waals surface area contributed by atoms with Crippen LogP contribution in [0.2, 0.25) is 18.1 Å². The summed E-state index contributed by atoms with van der Waals surface area (Å²) in [6, 6.07) is 9.65. The third-order valence-electron chi connectivity index (χ3n) is 7.85. The molecule has 0 N–H and O–H groups in total. The van der Waals surface area contributed by atoms with Crippen molar-refractivity contribution in [2.45, 2.75) is 76.2 Å². The third-order valence-corrected chi connectivity index (χ3v) is 12.4. The van der Waals surface area contributed by atoms with Gasteiger partial charge in [0.15, 0.2) is 13.9 Å². The van der Waals surface area contributed by atoms with E-state index in [4.69, 9.17) is 18.6 Å². The summed E-state index contributed by atoms with van der Waals surface area (Å²) in [6.45, 7) is 11.2. The zero-order valence-corrected chi connectivity index (χ0v) is 19.7. The van der Waals surface area contributed by atoms with E-state index in [-0.39, 0.29) is 23.7 Å². The Morgan fingerprint density at radius 1 is 1.23 bits per heavy atom. The van der Waals surface area contributed by atoms with Crippen LogP contribution in [0.15, 0.2) is 30.3 Å². The highest BCUT2D eigenvalue weighted by molar-refractivity contribution is 6.74. The minimum absolute atomic E-state index is 0.0461. The fourth-order valence-electron chi connectivity index (χ4n) is 5.23. The molecule has 30 heavy (non-hydrogen) atoms. The van der Waals surface area contributed by atoms with E-state index in [1.807, 2.05) is 30.3 Å². The summed E-state index contributed by atoms with van der Waals surface area (Å²) >= 11 is 0. The summed E-state index contributed by atoms with van der Waals surface area (Å²) in [5.74, 6) is -1.02. The van der Waals surface area contributed by atoms with Crippen LogP contribution in [0, 0.1) is 11.3 Å². The second-order valence-electron chi connectivity index (χ2n) is 10.3. The molecular formula is C23H32O6Si. The number of carbonyl (C=O) groups excluding carboxylic acids is 2. The maximum atomic E-state index is 13.1. The molecule has 0 spiro atoms. The minimum Gasteiger partial charge on any atom is -0.468 e. The molecule has 1 heterocycles. The molecule has 0 radical (unpaired) electrons. The molecule has 0 bridgehead atoms.